The first-order chi connectivity index (χ1) is 11.6. The number of ether oxygens (including phenoxy) is 2. The Kier molecular flexibility index (Phi) is 8.73. The average Bonchev–Trinajstić information content (AvgIpc) is 2.62. The lowest BCUT2D eigenvalue weighted by molar-refractivity contribution is -0.273. The molecule has 0 spiro atoms. The lowest BCUT2D eigenvalue weighted by Crippen LogP contribution is -2.63. The maximum absolute atomic E-state index is 10.3. The summed E-state index contributed by atoms with van der Waals surface area (Å²) in [5.74, 6) is 0. The van der Waals surface area contributed by atoms with Crippen LogP contribution in [0.4, 0.5) is 0 Å². The van der Waals surface area contributed by atoms with Crippen LogP contribution in [0.15, 0.2) is 0 Å². The Morgan fingerprint density at radius 2 is 1.64 bits per heavy atom. The topological polar surface area (TPSA) is 223 Å². The Hall–Kier alpha value is -0.770. The number of aliphatic hydroxyl groups is 8. The van der Waals surface area contributed by atoms with Gasteiger partial charge in [0.15, 0.2) is 12.6 Å². The van der Waals surface area contributed by atoms with Crippen LogP contribution in [0.25, 0.3) is 0 Å². The highest BCUT2D eigenvalue weighted by molar-refractivity contribution is 5.56. The molecule has 1 aliphatic heterocycles. The Morgan fingerprint density at radius 3 is 2.16 bits per heavy atom. The van der Waals surface area contributed by atoms with Crippen molar-refractivity contribution >= 4 is 6.29 Å². The fourth-order valence-electron chi connectivity index (χ4n) is 2.26. The van der Waals surface area contributed by atoms with E-state index in [-0.39, 0.29) is 6.29 Å². The number of nitrogens with two attached hydrogens (primary N) is 1. The lowest BCUT2D eigenvalue weighted by Gasteiger charge is -2.40. The highest BCUT2D eigenvalue weighted by Gasteiger charge is 2.43. The van der Waals surface area contributed by atoms with Crippen molar-refractivity contribution in [2.24, 2.45) is 5.73 Å². The number of aliphatic hydroxyl groups excluding tert-OH is 8. The fraction of sp³-hybridized carbons (Fsp3) is 0.923. The molecule has 0 amide bonds. The average molecular weight is 371 g/mol. The number of hydrogen-bond acceptors (Lipinski definition) is 12. The van der Waals surface area contributed by atoms with E-state index in [0.717, 1.165) is 0 Å². The van der Waals surface area contributed by atoms with Crippen molar-refractivity contribution in [1.29, 1.82) is 0 Å². The quantitative estimate of drug-likeness (QED) is 0.173. The summed E-state index contributed by atoms with van der Waals surface area (Å²) in [5.41, 5.74) is 5.61. The minimum Gasteiger partial charge on any atom is -0.394 e. The third kappa shape index (κ3) is 5.35. The van der Waals surface area contributed by atoms with Gasteiger partial charge in [0.2, 0.25) is 0 Å². The first kappa shape index (κ1) is 22.3. The van der Waals surface area contributed by atoms with E-state index in [0.29, 0.717) is 0 Å². The predicted molar refractivity (Wildman–Crippen MR) is 77.8 cm³/mol. The van der Waals surface area contributed by atoms with Crippen LogP contribution in [0.5, 0.6) is 0 Å². The van der Waals surface area contributed by atoms with Crippen LogP contribution in [0.1, 0.15) is 0 Å². The molecule has 10 N–H and O–H groups in total. The zero-order valence-corrected chi connectivity index (χ0v) is 13.1. The van der Waals surface area contributed by atoms with Crippen molar-refractivity contribution in [2.75, 3.05) is 13.2 Å². The zero-order valence-electron chi connectivity index (χ0n) is 13.1. The summed E-state index contributed by atoms with van der Waals surface area (Å²) in [4.78, 5) is 10.3. The van der Waals surface area contributed by atoms with Gasteiger partial charge < -0.3 is 60.9 Å². The van der Waals surface area contributed by atoms with Crippen molar-refractivity contribution in [2.45, 2.75) is 61.2 Å². The van der Waals surface area contributed by atoms with Gasteiger partial charge in [-0.3, -0.25) is 0 Å². The van der Waals surface area contributed by atoms with E-state index < -0.39 is 74.4 Å². The number of aldehydes is 1. The molecule has 1 fully saturated rings. The number of hydrogen-bond donors (Lipinski definition) is 9. The molecule has 148 valence electrons. The molecular weight excluding hydrogens is 346 g/mol. The number of rotatable bonds is 9. The van der Waals surface area contributed by atoms with Gasteiger partial charge in [0, 0.05) is 0 Å². The van der Waals surface area contributed by atoms with Crippen molar-refractivity contribution < 1.29 is 55.1 Å². The Bertz CT molecular complexity index is 411. The summed E-state index contributed by atoms with van der Waals surface area (Å²) in [7, 11) is 0. The summed E-state index contributed by atoms with van der Waals surface area (Å²) in [6.45, 7) is -1.31. The van der Waals surface area contributed by atoms with Gasteiger partial charge in [0.1, 0.15) is 48.8 Å². The maximum Gasteiger partial charge on any atom is 0.175 e. The normalized spacial score (nSPS) is 36.3. The van der Waals surface area contributed by atoms with Gasteiger partial charge in [-0.15, -0.1) is 0 Å². The van der Waals surface area contributed by atoms with Crippen LogP contribution in [0.2, 0.25) is 0 Å². The number of carbonyl (C=O) groups is 1. The first-order valence-electron chi connectivity index (χ1n) is 7.50. The van der Waals surface area contributed by atoms with Crippen LogP contribution < -0.4 is 5.73 Å². The molecule has 0 aliphatic carbocycles. The summed E-state index contributed by atoms with van der Waals surface area (Å²) >= 11 is 0. The molecule has 0 radical (unpaired) electrons. The third-order valence-electron chi connectivity index (χ3n) is 3.94. The zero-order chi connectivity index (χ0) is 19.3. The molecule has 0 aromatic heterocycles. The summed E-state index contributed by atoms with van der Waals surface area (Å²) in [6.07, 6.45) is -15.3. The summed E-state index contributed by atoms with van der Waals surface area (Å²) < 4.78 is 10.2. The highest BCUT2D eigenvalue weighted by Crippen LogP contribution is 2.21. The molecule has 1 heterocycles. The van der Waals surface area contributed by atoms with Gasteiger partial charge in [-0.05, 0) is 0 Å². The first-order valence-corrected chi connectivity index (χ1v) is 7.50. The van der Waals surface area contributed by atoms with Gasteiger partial charge in [-0.2, -0.15) is 0 Å². The SMILES string of the molecule is N[C@H]1[C@@H](OC[C@@H](O)[C@@H](O)[C@H](O)[C@@H](O)[C@@H](O)C=O)O[C@H](CO)[C@@H](O)[C@@H]1O. The van der Waals surface area contributed by atoms with E-state index in [4.69, 9.17) is 25.4 Å². The minimum atomic E-state index is -2.06. The van der Waals surface area contributed by atoms with Crippen LogP contribution >= 0.6 is 0 Å². The molecule has 10 atom stereocenters. The summed E-state index contributed by atoms with van der Waals surface area (Å²) in [5, 5.41) is 76.1. The minimum absolute atomic E-state index is 0.0555. The maximum atomic E-state index is 10.3. The predicted octanol–water partition coefficient (Wildman–Crippen LogP) is -6.23. The molecule has 0 saturated carbocycles. The second kappa shape index (κ2) is 9.80. The smallest absolute Gasteiger partial charge is 0.175 e. The Labute approximate surface area is 142 Å². The molecule has 1 saturated heterocycles. The standard InChI is InChI=1S/C13H25NO11/c14-7-11(22)10(21)6(2-16)25-13(7)24-3-5(18)9(20)12(23)8(19)4(17)1-15/h1,4-13,16-23H,2-3,14H2/t4-,5+,6+,7+,8-,9+,10+,11+,12+,13-/m0/s1. The van der Waals surface area contributed by atoms with Crippen molar-refractivity contribution in [3.05, 3.63) is 0 Å². The van der Waals surface area contributed by atoms with E-state index in [2.05, 4.69) is 0 Å². The van der Waals surface area contributed by atoms with Crippen LogP contribution in [0.3, 0.4) is 0 Å². The van der Waals surface area contributed by atoms with E-state index in [9.17, 15) is 35.4 Å². The van der Waals surface area contributed by atoms with Crippen LogP contribution in [-0.2, 0) is 14.3 Å². The Morgan fingerprint density at radius 1 is 1.04 bits per heavy atom. The van der Waals surface area contributed by atoms with Crippen LogP contribution in [-0.4, -0.2) is 122 Å². The molecule has 0 aromatic carbocycles. The van der Waals surface area contributed by atoms with Gasteiger partial charge >= 0.3 is 0 Å². The molecule has 25 heavy (non-hydrogen) atoms. The monoisotopic (exact) mass is 371 g/mol. The van der Waals surface area contributed by atoms with Gasteiger partial charge in [-0.1, -0.05) is 0 Å². The third-order valence-corrected chi connectivity index (χ3v) is 3.94. The molecule has 0 aromatic rings. The van der Waals surface area contributed by atoms with Crippen LogP contribution in [0, 0.1) is 0 Å². The largest absolute Gasteiger partial charge is 0.394 e. The fourth-order valence-corrected chi connectivity index (χ4v) is 2.26. The molecular formula is C13H25NO11. The molecule has 0 unspecified atom stereocenters. The number of carbonyl (C=O) groups excluding carboxylic acids is 1. The van der Waals surface area contributed by atoms with Gasteiger partial charge in [-0.25, -0.2) is 0 Å². The highest BCUT2D eigenvalue weighted by atomic mass is 16.7. The van der Waals surface area contributed by atoms with E-state index in [1.807, 2.05) is 0 Å². The van der Waals surface area contributed by atoms with Crippen molar-refractivity contribution in [3.8, 4) is 0 Å². The second-order valence-electron chi connectivity index (χ2n) is 5.78. The van der Waals surface area contributed by atoms with E-state index in [1.54, 1.807) is 0 Å². The molecule has 1 aliphatic rings. The molecule has 12 nitrogen and oxygen atoms in total. The Balaban J connectivity index is 2.59. The second-order valence-corrected chi connectivity index (χ2v) is 5.78. The van der Waals surface area contributed by atoms with Crippen molar-refractivity contribution in [3.63, 3.8) is 0 Å². The summed E-state index contributed by atoms with van der Waals surface area (Å²) in [6, 6.07) is -1.23. The van der Waals surface area contributed by atoms with Gasteiger partial charge in [0.05, 0.1) is 19.3 Å². The lowest BCUT2D eigenvalue weighted by atomic mass is 9.97. The van der Waals surface area contributed by atoms with E-state index in [1.165, 1.54) is 0 Å². The van der Waals surface area contributed by atoms with Gasteiger partial charge in [0.25, 0.3) is 0 Å². The van der Waals surface area contributed by atoms with Crippen molar-refractivity contribution in [1.82, 2.24) is 0 Å². The molecule has 1 rings (SSSR count). The molecule has 12 heteroatoms. The molecule has 0 bridgehead atoms. The van der Waals surface area contributed by atoms with E-state index >= 15 is 0 Å².